The normalized spacial score (nSPS) is 15.3. The van der Waals surface area contributed by atoms with Crippen molar-refractivity contribution in [3.63, 3.8) is 0 Å². The van der Waals surface area contributed by atoms with E-state index in [-0.39, 0.29) is 18.2 Å². The number of nitrogens with one attached hydrogen (secondary N) is 1. The molecule has 0 bridgehead atoms. The van der Waals surface area contributed by atoms with Gasteiger partial charge in [0, 0.05) is 0 Å². The van der Waals surface area contributed by atoms with Gasteiger partial charge in [0.2, 0.25) is 0 Å². The van der Waals surface area contributed by atoms with Crippen molar-refractivity contribution in [3.8, 4) is 0 Å². The molecule has 1 heterocycles. The second kappa shape index (κ2) is 5.92. The zero-order chi connectivity index (χ0) is 18.2. The molecule has 5 nitrogen and oxygen atoms in total. The molecule has 0 unspecified atom stereocenters. The van der Waals surface area contributed by atoms with Gasteiger partial charge in [-0.3, -0.25) is 4.72 Å². The average molecular weight is 375 g/mol. The summed E-state index contributed by atoms with van der Waals surface area (Å²) in [6, 6.07) is 0.333. The topological polar surface area (TPSA) is 64.6 Å². The summed E-state index contributed by atoms with van der Waals surface area (Å²) in [5.41, 5.74) is -4.26. The molecule has 1 aliphatic rings. The monoisotopic (exact) mass is 375 g/mol. The van der Waals surface area contributed by atoms with Gasteiger partial charge in [0.05, 0.1) is 16.8 Å². The summed E-state index contributed by atoms with van der Waals surface area (Å²) in [7, 11) is -4.58. The van der Waals surface area contributed by atoms with Crippen LogP contribution >= 0.6 is 0 Å². The molecule has 0 amide bonds. The first kappa shape index (κ1) is 18.0. The minimum absolute atomic E-state index is 0.125. The van der Waals surface area contributed by atoms with Gasteiger partial charge in [-0.05, 0) is 18.2 Å². The van der Waals surface area contributed by atoms with Gasteiger partial charge in [0.25, 0.3) is 15.1 Å². The number of hydrogen-bond donors (Lipinski definition) is 1. The molecule has 2 rings (SSSR count). The van der Waals surface area contributed by atoms with E-state index in [0.717, 1.165) is 12.5 Å². The molecule has 0 saturated heterocycles. The van der Waals surface area contributed by atoms with Crippen LogP contribution in [0.1, 0.15) is 11.1 Å². The third-order valence-corrected chi connectivity index (χ3v) is 3.81. The van der Waals surface area contributed by atoms with Gasteiger partial charge < -0.3 is 9.47 Å². The molecule has 132 valence electrons. The van der Waals surface area contributed by atoms with E-state index in [1.165, 1.54) is 0 Å². The smallest absolute Gasteiger partial charge is 0.416 e. The molecule has 1 aromatic carbocycles. The molecule has 1 N–H and O–H groups in total. The maximum atomic E-state index is 12.7. The van der Waals surface area contributed by atoms with Crippen LogP contribution in [-0.4, -0.2) is 8.42 Å². The molecular weight excluding hydrogens is 368 g/mol. The van der Waals surface area contributed by atoms with Crippen LogP contribution in [0.2, 0.25) is 0 Å². The maximum absolute atomic E-state index is 12.7. The van der Waals surface area contributed by atoms with E-state index in [1.54, 1.807) is 4.72 Å². The molecule has 0 aliphatic carbocycles. The minimum atomic E-state index is -5.10. The number of benzene rings is 1. The van der Waals surface area contributed by atoms with Crippen molar-refractivity contribution in [2.75, 3.05) is 4.72 Å². The first-order valence-electron chi connectivity index (χ1n) is 5.89. The van der Waals surface area contributed by atoms with Crippen LogP contribution in [0.3, 0.4) is 0 Å². The second-order valence-electron chi connectivity index (χ2n) is 4.36. The number of sulfonamides is 1. The lowest BCUT2D eigenvalue weighted by atomic mass is 10.1. The van der Waals surface area contributed by atoms with Crippen molar-refractivity contribution < 1.29 is 44.2 Å². The molecule has 0 aromatic heterocycles. The molecule has 1 aliphatic heterocycles. The third-order valence-electron chi connectivity index (χ3n) is 2.59. The van der Waals surface area contributed by atoms with Gasteiger partial charge in [-0.2, -0.15) is 34.8 Å². The summed E-state index contributed by atoms with van der Waals surface area (Å²) in [6.45, 7) is 0. The molecule has 0 spiro atoms. The highest BCUT2D eigenvalue weighted by Gasteiger charge is 2.37. The van der Waals surface area contributed by atoms with Gasteiger partial charge in [-0.25, -0.2) is 0 Å². The fraction of sp³-hybridized carbons (Fsp3) is 0.167. The highest BCUT2D eigenvalue weighted by atomic mass is 32.2. The number of alkyl halides is 6. The predicted molar refractivity (Wildman–Crippen MR) is 68.4 cm³/mol. The van der Waals surface area contributed by atoms with Gasteiger partial charge in [-0.15, -0.1) is 0 Å². The zero-order valence-electron chi connectivity index (χ0n) is 11.3. The van der Waals surface area contributed by atoms with E-state index in [1.807, 2.05) is 0 Å². The molecule has 0 fully saturated rings. The fourth-order valence-corrected chi connectivity index (χ4v) is 2.49. The zero-order valence-corrected chi connectivity index (χ0v) is 12.1. The van der Waals surface area contributed by atoms with Crippen LogP contribution in [0.5, 0.6) is 0 Å². The lowest BCUT2D eigenvalue weighted by Gasteiger charge is -2.16. The van der Waals surface area contributed by atoms with Crippen LogP contribution in [0, 0.1) is 0 Å². The van der Waals surface area contributed by atoms with Gasteiger partial charge in [0.1, 0.15) is 18.8 Å². The largest absolute Gasteiger partial charge is 0.465 e. The van der Waals surface area contributed by atoms with Crippen LogP contribution in [0.4, 0.5) is 32.0 Å². The number of hydrogen-bond acceptors (Lipinski definition) is 4. The van der Waals surface area contributed by atoms with E-state index in [2.05, 4.69) is 9.47 Å². The lowest BCUT2D eigenvalue weighted by molar-refractivity contribution is -0.143. The quantitative estimate of drug-likeness (QED) is 0.817. The Morgan fingerprint density at radius 2 is 1.42 bits per heavy atom. The number of rotatable bonds is 3. The summed E-state index contributed by atoms with van der Waals surface area (Å²) in [5, 5.41) is -0.837. The second-order valence-corrected chi connectivity index (χ2v) is 5.98. The van der Waals surface area contributed by atoms with Crippen LogP contribution in [-0.2, 0) is 31.8 Å². The summed E-state index contributed by atoms with van der Waals surface area (Å²) in [5.74, 6) is 0. The Kier molecular flexibility index (Phi) is 4.44. The van der Waals surface area contributed by atoms with E-state index in [0.29, 0.717) is 6.26 Å². The van der Waals surface area contributed by atoms with E-state index in [9.17, 15) is 34.8 Å². The SMILES string of the molecule is O=S(=O)(Nc1cc(C(F)(F)F)cc(C(F)(F)F)c1)C1=COC=CO1. The van der Waals surface area contributed by atoms with Crippen molar-refractivity contribution in [1.82, 2.24) is 0 Å². The molecular formula is C12H7F6NO4S. The standard InChI is InChI=1S/C12H7F6NO4S/c13-11(14,15)7-3-8(12(16,17)18)5-9(4-7)19-24(20,21)10-6-22-1-2-23-10/h1-6,19H. The molecule has 0 radical (unpaired) electrons. The van der Waals surface area contributed by atoms with Crippen molar-refractivity contribution in [1.29, 1.82) is 0 Å². The maximum Gasteiger partial charge on any atom is 0.416 e. The first-order valence-corrected chi connectivity index (χ1v) is 7.37. The number of halogens is 6. The van der Waals surface area contributed by atoms with Crippen LogP contribution < -0.4 is 4.72 Å². The van der Waals surface area contributed by atoms with Gasteiger partial charge >= 0.3 is 12.4 Å². The Hall–Kier alpha value is -2.37. The van der Waals surface area contributed by atoms with Crippen molar-refractivity contribution in [2.45, 2.75) is 12.4 Å². The lowest BCUT2D eigenvalue weighted by Crippen LogP contribution is -2.19. The Morgan fingerprint density at radius 1 is 0.875 bits per heavy atom. The molecule has 12 heteroatoms. The molecule has 0 atom stereocenters. The Bertz CT molecular complexity index is 762. The van der Waals surface area contributed by atoms with Gasteiger partial charge in [-0.1, -0.05) is 0 Å². The Morgan fingerprint density at radius 3 is 1.83 bits per heavy atom. The van der Waals surface area contributed by atoms with Gasteiger partial charge in [0.15, 0.2) is 0 Å². The van der Waals surface area contributed by atoms with Crippen molar-refractivity contribution in [3.05, 3.63) is 53.2 Å². The molecule has 0 saturated carbocycles. The first-order chi connectivity index (χ1) is 10.9. The van der Waals surface area contributed by atoms with Crippen molar-refractivity contribution in [2.24, 2.45) is 0 Å². The van der Waals surface area contributed by atoms with Crippen LogP contribution in [0.25, 0.3) is 0 Å². The summed E-state index contributed by atoms with van der Waals surface area (Å²) < 4.78 is 111. The summed E-state index contributed by atoms with van der Waals surface area (Å²) >= 11 is 0. The number of ether oxygens (including phenoxy) is 2. The molecule has 24 heavy (non-hydrogen) atoms. The van der Waals surface area contributed by atoms with Crippen molar-refractivity contribution >= 4 is 15.7 Å². The Labute approximate surface area is 131 Å². The van der Waals surface area contributed by atoms with E-state index >= 15 is 0 Å². The summed E-state index contributed by atoms with van der Waals surface area (Å²) in [4.78, 5) is 0. The summed E-state index contributed by atoms with van der Waals surface area (Å²) in [6.07, 6.45) is -7.81. The highest BCUT2D eigenvalue weighted by molar-refractivity contribution is 7.96. The van der Waals surface area contributed by atoms with Crippen LogP contribution in [0.15, 0.2) is 42.1 Å². The predicted octanol–water partition coefficient (Wildman–Crippen LogP) is 3.78. The highest BCUT2D eigenvalue weighted by Crippen LogP contribution is 2.38. The molecule has 1 aromatic rings. The third kappa shape index (κ3) is 4.13. The Balaban J connectivity index is 2.44. The van der Waals surface area contributed by atoms with E-state index < -0.39 is 44.3 Å². The fourth-order valence-electron chi connectivity index (χ4n) is 1.60. The van der Waals surface area contributed by atoms with E-state index in [4.69, 9.17) is 0 Å². The minimum Gasteiger partial charge on any atom is -0.465 e. The number of anilines is 1. The average Bonchev–Trinajstić information content (AvgIpc) is 2.45.